The van der Waals surface area contributed by atoms with Crippen molar-refractivity contribution < 1.29 is 9.94 Å². The van der Waals surface area contributed by atoms with Crippen LogP contribution < -0.4 is 0 Å². The van der Waals surface area contributed by atoms with Gasteiger partial charge in [-0.3, -0.25) is 0 Å². The number of aliphatic hydroxyl groups is 1. The van der Waals surface area contributed by atoms with E-state index in [1.165, 1.54) is 44.9 Å². The van der Waals surface area contributed by atoms with Crippen molar-refractivity contribution in [1.82, 2.24) is 4.90 Å². The van der Waals surface area contributed by atoms with Crippen molar-refractivity contribution in [2.45, 2.75) is 84.2 Å². The highest BCUT2D eigenvalue weighted by atomic mass is 16.6. The number of nitrogens with zero attached hydrogens (tertiary/aromatic N) is 2. The minimum absolute atomic E-state index is 0.0980. The molecule has 4 aliphatic rings. The normalized spacial score (nSPS) is 43.3. The van der Waals surface area contributed by atoms with Crippen LogP contribution in [0.5, 0.6) is 0 Å². The fourth-order valence-corrected chi connectivity index (χ4v) is 7.88. The van der Waals surface area contributed by atoms with Crippen LogP contribution in [-0.4, -0.2) is 49.6 Å². The van der Waals surface area contributed by atoms with Crippen molar-refractivity contribution in [2.75, 3.05) is 27.2 Å². The third kappa shape index (κ3) is 4.11. The maximum atomic E-state index is 10.2. The van der Waals surface area contributed by atoms with Gasteiger partial charge in [0.1, 0.15) is 6.61 Å². The van der Waals surface area contributed by atoms with Gasteiger partial charge >= 0.3 is 0 Å². The van der Waals surface area contributed by atoms with E-state index in [1.54, 1.807) is 5.57 Å². The van der Waals surface area contributed by atoms with Gasteiger partial charge in [-0.2, -0.15) is 0 Å². The first kappa shape index (κ1) is 22.3. The Morgan fingerprint density at radius 3 is 2.80 bits per heavy atom. The Morgan fingerprint density at radius 1 is 1.17 bits per heavy atom. The predicted octanol–water partition coefficient (Wildman–Crippen LogP) is 5.27. The molecule has 4 heteroatoms. The molecule has 0 aromatic carbocycles. The van der Waals surface area contributed by atoms with Crippen LogP contribution in [0.2, 0.25) is 0 Å². The van der Waals surface area contributed by atoms with Gasteiger partial charge in [-0.25, -0.2) is 0 Å². The van der Waals surface area contributed by atoms with E-state index in [4.69, 9.17) is 4.84 Å². The van der Waals surface area contributed by atoms with E-state index in [0.717, 1.165) is 49.5 Å². The Hall–Kier alpha value is -0.870. The average molecular weight is 417 g/mol. The fourth-order valence-electron chi connectivity index (χ4n) is 7.88. The Bertz CT molecular complexity index is 659. The zero-order chi connectivity index (χ0) is 21.4. The van der Waals surface area contributed by atoms with Crippen LogP contribution >= 0.6 is 0 Å². The predicted molar refractivity (Wildman–Crippen MR) is 123 cm³/mol. The van der Waals surface area contributed by atoms with E-state index >= 15 is 0 Å². The molecule has 3 saturated carbocycles. The van der Waals surface area contributed by atoms with Crippen molar-refractivity contribution in [3.05, 3.63) is 11.6 Å². The molecule has 0 amide bonds. The van der Waals surface area contributed by atoms with E-state index in [2.05, 4.69) is 44.1 Å². The molecule has 0 aliphatic heterocycles. The number of aliphatic hydroxyl groups excluding tert-OH is 1. The number of oxime groups is 1. The van der Waals surface area contributed by atoms with Crippen LogP contribution in [0, 0.1) is 34.5 Å². The minimum Gasteiger partial charge on any atom is -0.395 e. The molecule has 0 spiro atoms. The Morgan fingerprint density at radius 2 is 2.00 bits per heavy atom. The van der Waals surface area contributed by atoms with Crippen LogP contribution in [0.1, 0.15) is 78.1 Å². The van der Waals surface area contributed by atoms with Crippen molar-refractivity contribution in [3.8, 4) is 0 Å². The minimum atomic E-state index is -0.0980. The summed E-state index contributed by atoms with van der Waals surface area (Å²) in [6, 6.07) is 0. The van der Waals surface area contributed by atoms with Gasteiger partial charge in [-0.05, 0) is 113 Å². The second kappa shape index (κ2) is 8.94. The number of hydrogen-bond acceptors (Lipinski definition) is 4. The Kier molecular flexibility index (Phi) is 6.65. The van der Waals surface area contributed by atoms with E-state index < -0.39 is 0 Å². The highest BCUT2D eigenvalue weighted by molar-refractivity contribution is 5.56. The maximum Gasteiger partial charge on any atom is 0.129 e. The first-order valence-corrected chi connectivity index (χ1v) is 12.5. The summed E-state index contributed by atoms with van der Waals surface area (Å²) in [5.74, 6) is 3.42. The Labute approximate surface area is 184 Å². The van der Waals surface area contributed by atoms with Crippen LogP contribution in [0.4, 0.5) is 0 Å². The van der Waals surface area contributed by atoms with Gasteiger partial charge in [0, 0.05) is 12.8 Å². The topological polar surface area (TPSA) is 45.1 Å². The lowest BCUT2D eigenvalue weighted by molar-refractivity contribution is -0.0503. The summed E-state index contributed by atoms with van der Waals surface area (Å²) in [5, 5.41) is 14.4. The second-order valence-corrected chi connectivity index (χ2v) is 11.5. The van der Waals surface area contributed by atoms with Gasteiger partial charge in [0.05, 0.1) is 6.10 Å². The standard InChI is InChI=1S/C26H44N2O2/c1-25-14-12-24-22(9-7-20-18-21(29)11-13-26(20,24)2)23(25)10-8-19(25)6-5-15-27-30-17-16-28(3)4/h7,15,19,21-24,29H,5-6,8-14,16-18H2,1-4H3/b27-15-/t19-,21-,22-,23-,24-,25+,26-/m0/s1. The summed E-state index contributed by atoms with van der Waals surface area (Å²) in [7, 11) is 4.11. The van der Waals surface area contributed by atoms with Gasteiger partial charge < -0.3 is 14.8 Å². The van der Waals surface area contributed by atoms with Gasteiger partial charge in [-0.1, -0.05) is 30.7 Å². The summed E-state index contributed by atoms with van der Waals surface area (Å²) in [4.78, 5) is 7.50. The molecule has 30 heavy (non-hydrogen) atoms. The van der Waals surface area contributed by atoms with Gasteiger partial charge in [0.2, 0.25) is 0 Å². The molecular formula is C26H44N2O2. The van der Waals surface area contributed by atoms with Crippen molar-refractivity contribution in [2.24, 2.45) is 39.7 Å². The van der Waals surface area contributed by atoms with Crippen molar-refractivity contribution in [1.29, 1.82) is 0 Å². The summed E-state index contributed by atoms with van der Waals surface area (Å²) < 4.78 is 0. The second-order valence-electron chi connectivity index (χ2n) is 11.5. The number of fused-ring (bicyclic) bond motifs is 5. The van der Waals surface area contributed by atoms with E-state index in [1.807, 2.05) is 6.21 Å². The molecule has 0 saturated heterocycles. The number of rotatable bonds is 7. The van der Waals surface area contributed by atoms with Gasteiger partial charge in [0.15, 0.2) is 0 Å². The molecule has 3 fully saturated rings. The summed E-state index contributed by atoms with van der Waals surface area (Å²) in [6.07, 6.45) is 16.7. The quantitative estimate of drug-likeness (QED) is 0.266. The zero-order valence-electron chi connectivity index (χ0n) is 19.8. The van der Waals surface area contributed by atoms with Gasteiger partial charge in [-0.15, -0.1) is 0 Å². The summed E-state index contributed by atoms with van der Waals surface area (Å²) >= 11 is 0. The highest BCUT2D eigenvalue weighted by Crippen LogP contribution is 2.66. The van der Waals surface area contributed by atoms with E-state index in [9.17, 15) is 5.11 Å². The smallest absolute Gasteiger partial charge is 0.129 e. The third-order valence-electron chi connectivity index (χ3n) is 9.70. The molecule has 4 rings (SSSR count). The lowest BCUT2D eigenvalue weighted by Gasteiger charge is -2.58. The van der Waals surface area contributed by atoms with Gasteiger partial charge in [0.25, 0.3) is 0 Å². The zero-order valence-corrected chi connectivity index (χ0v) is 19.8. The fraction of sp³-hybridized carbons (Fsp3) is 0.885. The molecule has 0 aromatic heterocycles. The van der Waals surface area contributed by atoms with Crippen molar-refractivity contribution in [3.63, 3.8) is 0 Å². The number of hydrogen-bond donors (Lipinski definition) is 1. The van der Waals surface area contributed by atoms with E-state index in [-0.39, 0.29) is 6.10 Å². The molecule has 0 bridgehead atoms. The van der Waals surface area contributed by atoms with E-state index in [0.29, 0.717) is 17.4 Å². The molecule has 0 radical (unpaired) electrons. The summed E-state index contributed by atoms with van der Waals surface area (Å²) in [5.41, 5.74) is 2.46. The Balaban J connectivity index is 1.35. The molecule has 4 aliphatic carbocycles. The monoisotopic (exact) mass is 416 g/mol. The largest absolute Gasteiger partial charge is 0.395 e. The molecule has 170 valence electrons. The average Bonchev–Trinajstić information content (AvgIpc) is 3.04. The SMILES string of the molecule is CN(C)CCO/N=C\CC[C@H]1CC[C@H]2[C@@H]3CC=C4C[C@@H](O)CC[C@]4(C)[C@H]3CC[C@]12C. The molecule has 0 heterocycles. The molecular weight excluding hydrogens is 372 g/mol. The summed E-state index contributed by atoms with van der Waals surface area (Å²) in [6.45, 7) is 6.73. The first-order chi connectivity index (χ1) is 14.3. The molecule has 0 aromatic rings. The van der Waals surface area contributed by atoms with Crippen molar-refractivity contribution >= 4 is 6.21 Å². The molecule has 0 unspecified atom stereocenters. The maximum absolute atomic E-state index is 10.2. The number of likely N-dealkylation sites (N-methyl/N-ethyl adjacent to an activating group) is 1. The van der Waals surface area contributed by atoms with Crippen LogP contribution in [0.3, 0.4) is 0 Å². The lowest BCUT2D eigenvalue weighted by Crippen LogP contribution is -2.50. The van der Waals surface area contributed by atoms with Crippen LogP contribution in [-0.2, 0) is 4.84 Å². The molecule has 4 nitrogen and oxygen atoms in total. The highest BCUT2D eigenvalue weighted by Gasteiger charge is 2.58. The van der Waals surface area contributed by atoms with Crippen LogP contribution in [0.25, 0.3) is 0 Å². The third-order valence-corrected chi connectivity index (χ3v) is 9.70. The van der Waals surface area contributed by atoms with Crippen LogP contribution in [0.15, 0.2) is 16.8 Å². The lowest BCUT2D eigenvalue weighted by atomic mass is 9.47. The number of allylic oxidation sites excluding steroid dienone is 1. The first-order valence-electron chi connectivity index (χ1n) is 12.5. The molecule has 7 atom stereocenters. The molecule has 1 N–H and O–H groups in total.